The second-order valence-electron chi connectivity index (χ2n) is 9.06. The molecule has 0 unspecified atom stereocenters. The zero-order chi connectivity index (χ0) is 21.3. The van der Waals surface area contributed by atoms with Crippen LogP contribution < -0.4 is 0 Å². The molecule has 3 aromatic carbocycles. The summed E-state index contributed by atoms with van der Waals surface area (Å²) in [7, 11) is 0. The SMILES string of the molecule is CC1(C)C(c2ccccc2O)=Nc2c1ccc1c2N=C(c2ccccc2O)C1(C)C. The molecule has 2 heterocycles. The van der Waals surface area contributed by atoms with Crippen molar-refractivity contribution in [3.8, 4) is 11.5 Å². The quantitative estimate of drug-likeness (QED) is 0.564. The Morgan fingerprint density at radius 2 is 0.933 bits per heavy atom. The molecule has 0 saturated carbocycles. The van der Waals surface area contributed by atoms with E-state index in [1.165, 1.54) is 0 Å². The van der Waals surface area contributed by atoms with Crippen LogP contribution in [-0.2, 0) is 10.8 Å². The van der Waals surface area contributed by atoms with Gasteiger partial charge in [-0.05, 0) is 35.4 Å². The molecular weight excluding hydrogens is 372 g/mol. The molecule has 0 radical (unpaired) electrons. The first kappa shape index (κ1) is 18.6. The molecule has 2 aliphatic rings. The minimum atomic E-state index is -0.361. The number of hydrogen-bond donors (Lipinski definition) is 2. The van der Waals surface area contributed by atoms with Crippen LogP contribution in [-0.4, -0.2) is 21.6 Å². The molecule has 0 aromatic heterocycles. The van der Waals surface area contributed by atoms with Gasteiger partial charge in [-0.25, -0.2) is 9.98 Å². The van der Waals surface area contributed by atoms with E-state index < -0.39 is 0 Å². The number of aliphatic imine (C=N–C) groups is 2. The molecule has 0 fully saturated rings. The van der Waals surface area contributed by atoms with Gasteiger partial charge in [0.1, 0.15) is 11.5 Å². The Morgan fingerprint density at radius 3 is 1.30 bits per heavy atom. The number of hydrogen-bond acceptors (Lipinski definition) is 4. The van der Waals surface area contributed by atoms with Crippen molar-refractivity contribution in [1.29, 1.82) is 0 Å². The Morgan fingerprint density at radius 1 is 0.567 bits per heavy atom. The maximum atomic E-state index is 10.4. The van der Waals surface area contributed by atoms with E-state index in [2.05, 4.69) is 39.8 Å². The summed E-state index contributed by atoms with van der Waals surface area (Å²) in [6.07, 6.45) is 0. The zero-order valence-electron chi connectivity index (χ0n) is 17.6. The highest BCUT2D eigenvalue weighted by molar-refractivity contribution is 6.18. The molecule has 0 atom stereocenters. The van der Waals surface area contributed by atoms with Gasteiger partial charge in [-0.3, -0.25) is 0 Å². The van der Waals surface area contributed by atoms with Gasteiger partial charge in [0.2, 0.25) is 0 Å². The van der Waals surface area contributed by atoms with Gasteiger partial charge in [-0.15, -0.1) is 0 Å². The van der Waals surface area contributed by atoms with Crippen molar-refractivity contribution < 1.29 is 10.2 Å². The van der Waals surface area contributed by atoms with Gasteiger partial charge in [-0.2, -0.15) is 0 Å². The maximum absolute atomic E-state index is 10.4. The number of para-hydroxylation sites is 2. The number of benzene rings is 3. The van der Waals surface area contributed by atoms with Gasteiger partial charge >= 0.3 is 0 Å². The van der Waals surface area contributed by atoms with Crippen molar-refractivity contribution in [3.05, 3.63) is 82.9 Å². The standard InChI is InChI=1S/C26H24N2O2/c1-25(2)17-13-14-18-22(21(17)27-23(25)15-9-5-7-11-19(15)29)28-24(26(18,3)4)16-10-6-8-12-20(16)30/h5-14,29-30H,1-4H3. The van der Waals surface area contributed by atoms with Crippen molar-refractivity contribution in [2.45, 2.75) is 38.5 Å². The molecule has 4 heteroatoms. The Bertz CT molecular complexity index is 1170. The van der Waals surface area contributed by atoms with Crippen molar-refractivity contribution >= 4 is 22.8 Å². The van der Waals surface area contributed by atoms with E-state index in [0.717, 1.165) is 45.1 Å². The third-order valence-corrected chi connectivity index (χ3v) is 6.45. The highest BCUT2D eigenvalue weighted by Crippen LogP contribution is 2.54. The minimum Gasteiger partial charge on any atom is -0.507 e. The van der Waals surface area contributed by atoms with Crippen LogP contribution in [0, 0.1) is 0 Å². The average Bonchev–Trinajstić information content (AvgIpc) is 3.13. The van der Waals surface area contributed by atoms with Crippen LogP contribution in [0.15, 0.2) is 70.6 Å². The van der Waals surface area contributed by atoms with Gasteiger partial charge in [0.15, 0.2) is 0 Å². The van der Waals surface area contributed by atoms with Gasteiger partial charge in [0.05, 0.1) is 22.8 Å². The van der Waals surface area contributed by atoms with Crippen LogP contribution >= 0.6 is 0 Å². The smallest absolute Gasteiger partial charge is 0.124 e. The molecule has 2 N–H and O–H groups in total. The molecule has 2 aliphatic heterocycles. The van der Waals surface area contributed by atoms with Crippen molar-refractivity contribution in [3.63, 3.8) is 0 Å². The molecule has 0 saturated heterocycles. The van der Waals surface area contributed by atoms with Crippen LogP contribution in [0.5, 0.6) is 11.5 Å². The summed E-state index contributed by atoms with van der Waals surface area (Å²) in [5, 5.41) is 20.9. The summed E-state index contributed by atoms with van der Waals surface area (Å²) in [5.41, 5.74) is 6.35. The predicted molar refractivity (Wildman–Crippen MR) is 121 cm³/mol. The Labute approximate surface area is 176 Å². The van der Waals surface area contributed by atoms with E-state index in [9.17, 15) is 10.2 Å². The Balaban J connectivity index is 1.75. The topological polar surface area (TPSA) is 65.2 Å². The lowest BCUT2D eigenvalue weighted by Gasteiger charge is -2.25. The van der Waals surface area contributed by atoms with Crippen LogP contribution in [0.25, 0.3) is 0 Å². The van der Waals surface area contributed by atoms with Gasteiger partial charge in [0.25, 0.3) is 0 Å². The molecule has 30 heavy (non-hydrogen) atoms. The monoisotopic (exact) mass is 396 g/mol. The second kappa shape index (κ2) is 6.05. The number of rotatable bonds is 2. The summed E-state index contributed by atoms with van der Waals surface area (Å²) < 4.78 is 0. The number of phenols is 2. The van der Waals surface area contributed by atoms with Crippen molar-refractivity contribution in [1.82, 2.24) is 0 Å². The minimum absolute atomic E-state index is 0.229. The molecule has 0 bridgehead atoms. The molecule has 3 aromatic rings. The molecule has 150 valence electrons. The van der Waals surface area contributed by atoms with E-state index in [0.29, 0.717) is 0 Å². The van der Waals surface area contributed by atoms with Crippen LogP contribution in [0.3, 0.4) is 0 Å². The van der Waals surface area contributed by atoms with Crippen LogP contribution in [0.4, 0.5) is 11.4 Å². The van der Waals surface area contributed by atoms with Crippen molar-refractivity contribution in [2.24, 2.45) is 9.98 Å². The maximum Gasteiger partial charge on any atom is 0.124 e. The van der Waals surface area contributed by atoms with Gasteiger partial charge in [0, 0.05) is 22.0 Å². The Kier molecular flexibility index (Phi) is 3.75. The predicted octanol–water partition coefficient (Wildman–Crippen LogP) is 5.92. The van der Waals surface area contributed by atoms with E-state index in [1.54, 1.807) is 12.1 Å². The lowest BCUT2D eigenvalue weighted by Crippen LogP contribution is -2.27. The number of aromatic hydroxyl groups is 2. The fourth-order valence-corrected chi connectivity index (χ4v) is 4.71. The highest BCUT2D eigenvalue weighted by Gasteiger charge is 2.43. The Hall–Kier alpha value is -3.40. The van der Waals surface area contributed by atoms with E-state index in [-0.39, 0.29) is 22.3 Å². The summed E-state index contributed by atoms with van der Waals surface area (Å²) >= 11 is 0. The highest BCUT2D eigenvalue weighted by atomic mass is 16.3. The van der Waals surface area contributed by atoms with E-state index in [4.69, 9.17) is 9.98 Å². The second-order valence-corrected chi connectivity index (χ2v) is 9.06. The molecule has 4 nitrogen and oxygen atoms in total. The molecule has 0 amide bonds. The van der Waals surface area contributed by atoms with E-state index in [1.807, 2.05) is 36.4 Å². The summed E-state index contributed by atoms with van der Waals surface area (Å²) in [6, 6.07) is 18.9. The lowest BCUT2D eigenvalue weighted by molar-refractivity contribution is 0.473. The first-order valence-corrected chi connectivity index (χ1v) is 10.2. The van der Waals surface area contributed by atoms with Gasteiger partial charge < -0.3 is 10.2 Å². The van der Waals surface area contributed by atoms with Gasteiger partial charge in [-0.1, -0.05) is 64.1 Å². The first-order chi connectivity index (χ1) is 14.2. The lowest BCUT2D eigenvalue weighted by atomic mass is 9.75. The molecule has 5 rings (SSSR count). The molecule has 0 aliphatic carbocycles. The summed E-state index contributed by atoms with van der Waals surface area (Å²) in [6.45, 7) is 8.52. The fraction of sp³-hybridized carbons (Fsp3) is 0.231. The normalized spacial score (nSPS) is 17.9. The summed E-state index contributed by atoms with van der Waals surface area (Å²) in [4.78, 5) is 10.0. The fourth-order valence-electron chi connectivity index (χ4n) is 4.71. The number of fused-ring (bicyclic) bond motifs is 3. The van der Waals surface area contributed by atoms with Crippen molar-refractivity contribution in [2.75, 3.05) is 0 Å². The van der Waals surface area contributed by atoms with E-state index >= 15 is 0 Å². The van der Waals surface area contributed by atoms with Crippen LogP contribution in [0.1, 0.15) is 49.9 Å². The summed E-state index contributed by atoms with van der Waals surface area (Å²) in [5.74, 6) is 0.458. The third-order valence-electron chi connectivity index (χ3n) is 6.45. The third kappa shape index (κ3) is 2.40. The largest absolute Gasteiger partial charge is 0.507 e. The first-order valence-electron chi connectivity index (χ1n) is 10.2. The van der Waals surface area contributed by atoms with Crippen LogP contribution in [0.2, 0.25) is 0 Å². The molecular formula is C26H24N2O2. The number of phenolic OH excluding ortho intramolecular Hbond substituents is 2. The molecule has 0 spiro atoms. The number of nitrogens with zero attached hydrogens (tertiary/aromatic N) is 2. The zero-order valence-corrected chi connectivity index (χ0v) is 17.6. The average molecular weight is 396 g/mol.